The Morgan fingerprint density at radius 3 is 2.46 bits per heavy atom. The molecule has 1 aromatic heterocycles. The molecule has 0 saturated heterocycles. The molecule has 0 aliphatic heterocycles. The molecule has 10 heteroatoms. The summed E-state index contributed by atoms with van der Waals surface area (Å²) in [6.45, 7) is 2.45. The smallest absolute Gasteiger partial charge is 0.410 e. The summed E-state index contributed by atoms with van der Waals surface area (Å²) < 4.78 is 19.4. The quantitative estimate of drug-likeness (QED) is 0.137. The number of halogens is 1. The lowest BCUT2D eigenvalue weighted by Gasteiger charge is -2.35. The number of hydrogen-bond donors (Lipinski definition) is 3. The summed E-state index contributed by atoms with van der Waals surface area (Å²) in [5.41, 5.74) is 2.81. The van der Waals surface area contributed by atoms with Crippen molar-refractivity contribution in [1.82, 2.24) is 20.1 Å². The number of phenolic OH excluding ortho intramolecular Hbond substituents is 1. The van der Waals surface area contributed by atoms with Crippen LogP contribution in [0.3, 0.4) is 0 Å². The fourth-order valence-corrected chi connectivity index (χ4v) is 6.40. The number of fused-ring (bicyclic) bond motifs is 1. The van der Waals surface area contributed by atoms with Crippen LogP contribution in [0.2, 0.25) is 0 Å². The van der Waals surface area contributed by atoms with Gasteiger partial charge in [-0.25, -0.2) is 9.18 Å². The van der Waals surface area contributed by atoms with Crippen molar-refractivity contribution in [3.8, 4) is 5.75 Å². The van der Waals surface area contributed by atoms with E-state index in [0.29, 0.717) is 44.5 Å². The summed E-state index contributed by atoms with van der Waals surface area (Å²) in [6, 6.07) is 22.6. The van der Waals surface area contributed by atoms with Gasteiger partial charge in [0.2, 0.25) is 11.5 Å². The van der Waals surface area contributed by atoms with Crippen molar-refractivity contribution >= 4 is 22.9 Å². The van der Waals surface area contributed by atoms with Crippen LogP contribution in [0, 0.1) is 5.82 Å². The number of H-pyrrole nitrogens is 1. The highest BCUT2D eigenvalue weighted by Crippen LogP contribution is 2.25. The van der Waals surface area contributed by atoms with E-state index >= 15 is 0 Å². The van der Waals surface area contributed by atoms with Gasteiger partial charge < -0.3 is 29.9 Å². The van der Waals surface area contributed by atoms with Crippen LogP contribution in [-0.2, 0) is 29.0 Å². The Balaban J connectivity index is 1.18. The molecule has 254 valence electrons. The van der Waals surface area contributed by atoms with Gasteiger partial charge in [0.25, 0.3) is 0 Å². The van der Waals surface area contributed by atoms with Gasteiger partial charge in [0.15, 0.2) is 0 Å². The number of benzene rings is 3. The van der Waals surface area contributed by atoms with E-state index in [2.05, 4.69) is 10.3 Å². The second kappa shape index (κ2) is 17.5. The highest BCUT2D eigenvalue weighted by atomic mass is 19.1. The van der Waals surface area contributed by atoms with Crippen molar-refractivity contribution in [3.63, 3.8) is 0 Å². The highest BCUT2D eigenvalue weighted by molar-refractivity contribution is 5.87. The maximum absolute atomic E-state index is 13.8. The maximum atomic E-state index is 13.8. The van der Waals surface area contributed by atoms with Crippen LogP contribution in [0.5, 0.6) is 5.75 Å². The van der Waals surface area contributed by atoms with Gasteiger partial charge in [-0.15, -0.1) is 0 Å². The molecule has 48 heavy (non-hydrogen) atoms. The second-order valence-corrected chi connectivity index (χ2v) is 12.4. The zero-order valence-corrected chi connectivity index (χ0v) is 27.3. The molecule has 0 bridgehead atoms. The number of aromatic hydroxyl groups is 1. The van der Waals surface area contributed by atoms with Crippen LogP contribution in [0.4, 0.5) is 9.18 Å². The number of rotatable bonds is 15. The maximum Gasteiger partial charge on any atom is 0.410 e. The molecule has 0 atom stereocenters. The largest absolute Gasteiger partial charge is 0.506 e. The molecular weight excluding hydrogens is 611 g/mol. The zero-order valence-electron chi connectivity index (χ0n) is 27.3. The number of nitrogens with one attached hydrogen (secondary N) is 2. The van der Waals surface area contributed by atoms with Gasteiger partial charge in [-0.05, 0) is 73.2 Å². The minimum Gasteiger partial charge on any atom is -0.506 e. The minimum absolute atomic E-state index is 0.00352. The Labute approximate surface area is 280 Å². The highest BCUT2D eigenvalue weighted by Gasteiger charge is 2.26. The number of aromatic amines is 1. The fourth-order valence-electron chi connectivity index (χ4n) is 6.40. The van der Waals surface area contributed by atoms with E-state index in [9.17, 15) is 23.9 Å². The molecule has 3 aromatic carbocycles. The van der Waals surface area contributed by atoms with Crippen LogP contribution in [-0.4, -0.2) is 70.7 Å². The summed E-state index contributed by atoms with van der Waals surface area (Å²) in [7, 11) is 0. The van der Waals surface area contributed by atoms with E-state index in [1.807, 2.05) is 47.4 Å². The van der Waals surface area contributed by atoms with Gasteiger partial charge in [-0.3, -0.25) is 9.59 Å². The lowest BCUT2D eigenvalue weighted by atomic mass is 9.94. The Hall–Kier alpha value is -4.70. The molecule has 0 radical (unpaired) electrons. The Morgan fingerprint density at radius 1 is 0.875 bits per heavy atom. The van der Waals surface area contributed by atoms with Crippen molar-refractivity contribution in [1.29, 1.82) is 0 Å². The molecular formula is C38H45FN4O5. The molecule has 1 aliphatic rings. The van der Waals surface area contributed by atoms with Gasteiger partial charge in [0.1, 0.15) is 18.2 Å². The standard InChI is InChI=1S/C38H45FN4O5/c39-31-11-7-10-28(26-31)19-23-42(38(47)48-27-29-8-3-1-4-9-29)24-20-36(46)43(32-12-5-2-6-13-32)25-22-40-21-18-30-14-16-34(44)37-33(30)15-17-35(45)41-37/h1,3-4,7-11,14-17,26,32,40,44H,2,5-6,12-13,18-25,27H2,(H,41,45). The number of nitrogens with zero attached hydrogens (tertiary/aromatic N) is 2. The fraction of sp³-hybridized carbons (Fsp3) is 0.395. The van der Waals surface area contributed by atoms with Crippen molar-refractivity contribution in [2.24, 2.45) is 0 Å². The molecule has 2 amide bonds. The van der Waals surface area contributed by atoms with Crippen LogP contribution >= 0.6 is 0 Å². The average Bonchev–Trinajstić information content (AvgIpc) is 3.10. The summed E-state index contributed by atoms with van der Waals surface area (Å²) in [5.74, 6) is -0.285. The third-order valence-electron chi connectivity index (χ3n) is 9.02. The van der Waals surface area contributed by atoms with Gasteiger partial charge >= 0.3 is 6.09 Å². The summed E-state index contributed by atoms with van der Waals surface area (Å²) in [5, 5.41) is 14.4. The lowest BCUT2D eigenvalue weighted by Crippen LogP contribution is -2.46. The van der Waals surface area contributed by atoms with Gasteiger partial charge in [-0.2, -0.15) is 0 Å². The molecule has 0 spiro atoms. The van der Waals surface area contributed by atoms with Crippen LogP contribution in [0.15, 0.2) is 83.7 Å². The number of hydrogen-bond acceptors (Lipinski definition) is 6. The van der Waals surface area contributed by atoms with Crippen molar-refractivity contribution in [2.45, 2.75) is 64.0 Å². The van der Waals surface area contributed by atoms with Crippen molar-refractivity contribution in [3.05, 3.63) is 112 Å². The molecule has 1 saturated carbocycles. The van der Waals surface area contributed by atoms with E-state index in [1.165, 1.54) is 24.6 Å². The monoisotopic (exact) mass is 656 g/mol. The Morgan fingerprint density at radius 2 is 1.67 bits per heavy atom. The van der Waals surface area contributed by atoms with E-state index in [1.54, 1.807) is 23.1 Å². The first kappa shape index (κ1) is 34.6. The number of ether oxygens (including phenoxy) is 1. The van der Waals surface area contributed by atoms with Gasteiger partial charge in [0.05, 0.1) is 5.52 Å². The average molecular weight is 657 g/mol. The third kappa shape index (κ3) is 9.90. The van der Waals surface area contributed by atoms with Crippen LogP contribution in [0.1, 0.15) is 55.2 Å². The molecule has 9 nitrogen and oxygen atoms in total. The topological polar surface area (TPSA) is 115 Å². The molecule has 4 aromatic rings. The van der Waals surface area contributed by atoms with E-state index in [-0.39, 0.29) is 48.6 Å². The number of phenols is 1. The predicted molar refractivity (Wildman–Crippen MR) is 184 cm³/mol. The SMILES string of the molecule is O=C(OCc1ccccc1)N(CCC(=O)N(CCNCCc1ccc(O)c2[nH]c(=O)ccc12)C1CCCCC1)CCc1cccc(F)c1. The first-order valence-electron chi connectivity index (χ1n) is 16.9. The normalized spacial score (nSPS) is 13.4. The third-order valence-corrected chi connectivity index (χ3v) is 9.02. The summed E-state index contributed by atoms with van der Waals surface area (Å²) >= 11 is 0. The van der Waals surface area contributed by atoms with Gasteiger partial charge in [-0.1, -0.05) is 67.8 Å². The zero-order chi connectivity index (χ0) is 33.7. The number of carbonyl (C=O) groups excluding carboxylic acids is 2. The summed E-state index contributed by atoms with van der Waals surface area (Å²) in [4.78, 5) is 45.0. The molecule has 5 rings (SSSR count). The molecule has 1 heterocycles. The number of amides is 2. The lowest BCUT2D eigenvalue weighted by molar-refractivity contribution is -0.134. The summed E-state index contributed by atoms with van der Waals surface area (Å²) in [6.07, 6.45) is 6.06. The Bertz CT molecular complexity index is 1710. The van der Waals surface area contributed by atoms with Crippen LogP contribution in [0.25, 0.3) is 10.9 Å². The minimum atomic E-state index is -0.500. The van der Waals surface area contributed by atoms with E-state index in [4.69, 9.17) is 4.74 Å². The predicted octanol–water partition coefficient (Wildman–Crippen LogP) is 5.94. The first-order valence-corrected chi connectivity index (χ1v) is 16.9. The molecule has 0 unspecified atom stereocenters. The molecule has 1 fully saturated rings. The molecule has 3 N–H and O–H groups in total. The number of carbonyl (C=O) groups is 2. The second-order valence-electron chi connectivity index (χ2n) is 12.4. The van der Waals surface area contributed by atoms with E-state index < -0.39 is 6.09 Å². The number of pyridine rings is 1. The van der Waals surface area contributed by atoms with E-state index in [0.717, 1.165) is 47.8 Å². The van der Waals surface area contributed by atoms with Gasteiger partial charge in [0, 0.05) is 50.1 Å². The number of aromatic nitrogens is 1. The van der Waals surface area contributed by atoms with Crippen LogP contribution < -0.4 is 10.9 Å². The van der Waals surface area contributed by atoms with Crippen molar-refractivity contribution in [2.75, 3.05) is 32.7 Å². The Kier molecular flexibility index (Phi) is 12.6. The molecule has 1 aliphatic carbocycles. The van der Waals surface area contributed by atoms with Crippen molar-refractivity contribution < 1.29 is 23.8 Å². The first-order chi connectivity index (χ1) is 23.4.